The summed E-state index contributed by atoms with van der Waals surface area (Å²) in [6.07, 6.45) is -0.969. The van der Waals surface area contributed by atoms with E-state index in [0.29, 0.717) is 11.3 Å². The lowest BCUT2D eigenvalue weighted by Crippen LogP contribution is -2.30. The molecule has 0 unspecified atom stereocenters. The molecule has 140 valence electrons. The maximum Gasteiger partial charge on any atom is 0.317 e. The molecule has 2 aromatic rings. The van der Waals surface area contributed by atoms with Crippen molar-refractivity contribution in [2.24, 2.45) is 0 Å². The van der Waals surface area contributed by atoms with Crippen LogP contribution in [0, 0.1) is 11.3 Å². The Hall–Kier alpha value is -2.69. The number of methoxy groups -OCH3 is 1. The fourth-order valence-electron chi connectivity index (χ4n) is 2.03. The first-order valence-electron chi connectivity index (χ1n) is 7.89. The van der Waals surface area contributed by atoms with Gasteiger partial charge in [0.15, 0.2) is 6.10 Å². The number of anilines is 1. The van der Waals surface area contributed by atoms with E-state index in [9.17, 15) is 9.59 Å². The average Bonchev–Trinajstić information content (AvgIpc) is 2.66. The highest BCUT2D eigenvalue weighted by atomic mass is 35.5. The minimum absolute atomic E-state index is 0.0760. The second kappa shape index (κ2) is 9.86. The van der Waals surface area contributed by atoms with E-state index in [2.05, 4.69) is 5.32 Å². The molecule has 2 aromatic carbocycles. The first-order chi connectivity index (χ1) is 12.9. The fraction of sp³-hybridized carbons (Fsp3) is 0.211. The van der Waals surface area contributed by atoms with Gasteiger partial charge in [-0.1, -0.05) is 11.6 Å². The molecule has 0 saturated heterocycles. The van der Waals surface area contributed by atoms with Crippen molar-refractivity contribution in [2.45, 2.75) is 17.9 Å². The van der Waals surface area contributed by atoms with Crippen LogP contribution in [0.2, 0.25) is 5.02 Å². The number of nitrogens with zero attached hydrogens (tertiary/aromatic N) is 1. The summed E-state index contributed by atoms with van der Waals surface area (Å²) < 4.78 is 10.2. The Morgan fingerprint density at radius 2 is 1.96 bits per heavy atom. The number of carbonyl (C=O) groups excluding carboxylic acids is 2. The van der Waals surface area contributed by atoms with Gasteiger partial charge in [-0.05, 0) is 49.4 Å². The van der Waals surface area contributed by atoms with Gasteiger partial charge in [0, 0.05) is 10.6 Å². The number of benzene rings is 2. The molecule has 6 nitrogen and oxygen atoms in total. The van der Waals surface area contributed by atoms with Crippen LogP contribution in [0.5, 0.6) is 5.75 Å². The van der Waals surface area contributed by atoms with Crippen LogP contribution in [0.1, 0.15) is 12.5 Å². The van der Waals surface area contributed by atoms with Gasteiger partial charge < -0.3 is 14.8 Å². The third kappa shape index (κ3) is 6.20. The normalized spacial score (nSPS) is 11.2. The summed E-state index contributed by atoms with van der Waals surface area (Å²) in [6, 6.07) is 13.7. The van der Waals surface area contributed by atoms with Gasteiger partial charge in [-0.3, -0.25) is 9.59 Å². The quantitative estimate of drug-likeness (QED) is 0.556. The average molecular weight is 405 g/mol. The van der Waals surface area contributed by atoms with Gasteiger partial charge in [-0.15, -0.1) is 11.8 Å². The number of thioether (sulfide) groups is 1. The molecule has 0 aliphatic rings. The number of hydrogen-bond donors (Lipinski definition) is 1. The van der Waals surface area contributed by atoms with Crippen molar-refractivity contribution in [2.75, 3.05) is 18.2 Å². The summed E-state index contributed by atoms with van der Waals surface area (Å²) in [5.41, 5.74) is 0.726. The van der Waals surface area contributed by atoms with E-state index >= 15 is 0 Å². The molecule has 0 aliphatic heterocycles. The summed E-state index contributed by atoms with van der Waals surface area (Å²) >= 11 is 7.23. The maximum atomic E-state index is 12.1. The highest BCUT2D eigenvalue weighted by molar-refractivity contribution is 8.00. The number of esters is 1. The minimum Gasteiger partial charge on any atom is -0.497 e. The predicted molar refractivity (Wildman–Crippen MR) is 104 cm³/mol. The highest BCUT2D eigenvalue weighted by Gasteiger charge is 2.18. The molecule has 0 aliphatic carbocycles. The Morgan fingerprint density at radius 3 is 2.56 bits per heavy atom. The fourth-order valence-corrected chi connectivity index (χ4v) is 2.93. The third-order valence-corrected chi connectivity index (χ3v) is 4.75. The van der Waals surface area contributed by atoms with E-state index in [1.165, 1.54) is 30.8 Å². The van der Waals surface area contributed by atoms with Crippen molar-refractivity contribution in [1.29, 1.82) is 5.26 Å². The maximum absolute atomic E-state index is 12.1. The Morgan fingerprint density at radius 1 is 1.26 bits per heavy atom. The lowest BCUT2D eigenvalue weighted by atomic mass is 10.2. The Kier molecular flexibility index (Phi) is 7.53. The van der Waals surface area contributed by atoms with Gasteiger partial charge in [0.2, 0.25) is 0 Å². The van der Waals surface area contributed by atoms with Crippen LogP contribution < -0.4 is 10.1 Å². The minimum atomic E-state index is -0.969. The number of halogens is 1. The van der Waals surface area contributed by atoms with Crippen molar-refractivity contribution in [3.05, 3.63) is 53.1 Å². The van der Waals surface area contributed by atoms with Crippen LogP contribution in [0.3, 0.4) is 0 Å². The van der Waals surface area contributed by atoms with E-state index < -0.39 is 18.0 Å². The molecule has 0 saturated carbocycles. The monoisotopic (exact) mass is 404 g/mol. The molecule has 0 bridgehead atoms. The van der Waals surface area contributed by atoms with Crippen LogP contribution in [-0.4, -0.2) is 30.8 Å². The molecule has 2 rings (SSSR count). The number of hydrogen-bond acceptors (Lipinski definition) is 6. The van der Waals surface area contributed by atoms with Gasteiger partial charge in [-0.25, -0.2) is 0 Å². The lowest BCUT2D eigenvalue weighted by molar-refractivity contribution is -0.150. The van der Waals surface area contributed by atoms with E-state index in [1.54, 1.807) is 25.3 Å². The van der Waals surface area contributed by atoms with Crippen LogP contribution in [-0.2, 0) is 14.3 Å². The van der Waals surface area contributed by atoms with Gasteiger partial charge in [0.1, 0.15) is 11.8 Å². The zero-order valence-electron chi connectivity index (χ0n) is 14.7. The Bertz CT molecular complexity index is 865. The standard InChI is InChI=1S/C19H17ClN2O4S/c1-12(19(24)22-14-4-3-13(10-21)17(20)9-14)26-18(23)11-27-16-7-5-15(25-2)6-8-16/h3-9,12H,11H2,1-2H3,(H,22,24)/t12-/m0/s1. The largest absolute Gasteiger partial charge is 0.497 e. The van der Waals surface area contributed by atoms with Gasteiger partial charge in [0.25, 0.3) is 5.91 Å². The first kappa shape index (κ1) is 20.6. The Balaban J connectivity index is 1.83. The molecule has 1 N–H and O–H groups in total. The Labute approximate surface area is 166 Å². The molecule has 8 heteroatoms. The van der Waals surface area contributed by atoms with Crippen molar-refractivity contribution < 1.29 is 19.1 Å². The molecule has 0 aromatic heterocycles. The molecule has 27 heavy (non-hydrogen) atoms. The van der Waals surface area contributed by atoms with Crippen molar-refractivity contribution in [3.63, 3.8) is 0 Å². The third-order valence-electron chi connectivity index (χ3n) is 3.45. The zero-order chi connectivity index (χ0) is 19.8. The van der Waals surface area contributed by atoms with E-state index in [4.69, 9.17) is 26.3 Å². The van der Waals surface area contributed by atoms with Crippen LogP contribution in [0.4, 0.5) is 5.69 Å². The summed E-state index contributed by atoms with van der Waals surface area (Å²) in [4.78, 5) is 25.0. The number of nitriles is 1. The first-order valence-corrected chi connectivity index (χ1v) is 9.26. The number of amides is 1. The number of carbonyl (C=O) groups is 2. The topological polar surface area (TPSA) is 88.4 Å². The molecule has 0 fully saturated rings. The summed E-state index contributed by atoms with van der Waals surface area (Å²) in [5.74, 6) is -0.183. The second-order valence-electron chi connectivity index (χ2n) is 5.39. The van der Waals surface area contributed by atoms with Gasteiger partial charge >= 0.3 is 5.97 Å². The summed E-state index contributed by atoms with van der Waals surface area (Å²) in [7, 11) is 1.58. The summed E-state index contributed by atoms with van der Waals surface area (Å²) in [5, 5.41) is 11.7. The number of rotatable bonds is 7. The van der Waals surface area contributed by atoms with Crippen LogP contribution in [0.25, 0.3) is 0 Å². The molecule has 1 amide bonds. The van der Waals surface area contributed by atoms with E-state index in [0.717, 1.165) is 10.6 Å². The van der Waals surface area contributed by atoms with E-state index in [-0.39, 0.29) is 10.8 Å². The van der Waals surface area contributed by atoms with Crippen molar-refractivity contribution >= 4 is 40.9 Å². The molecule has 0 heterocycles. The second-order valence-corrected chi connectivity index (χ2v) is 6.85. The zero-order valence-corrected chi connectivity index (χ0v) is 16.3. The summed E-state index contributed by atoms with van der Waals surface area (Å²) in [6.45, 7) is 1.48. The van der Waals surface area contributed by atoms with Crippen LogP contribution >= 0.6 is 23.4 Å². The lowest BCUT2D eigenvalue weighted by Gasteiger charge is -2.14. The molecule has 1 atom stereocenters. The smallest absolute Gasteiger partial charge is 0.317 e. The predicted octanol–water partition coefficient (Wildman–Crippen LogP) is 3.88. The van der Waals surface area contributed by atoms with Crippen molar-refractivity contribution in [1.82, 2.24) is 0 Å². The van der Waals surface area contributed by atoms with Crippen LogP contribution in [0.15, 0.2) is 47.4 Å². The van der Waals surface area contributed by atoms with Gasteiger partial charge in [0.05, 0.1) is 23.4 Å². The SMILES string of the molecule is COc1ccc(SCC(=O)O[C@@H](C)C(=O)Nc2ccc(C#N)c(Cl)c2)cc1. The molecular formula is C19H17ClN2O4S. The highest BCUT2D eigenvalue weighted by Crippen LogP contribution is 2.22. The number of ether oxygens (including phenoxy) is 2. The number of nitrogens with one attached hydrogen (secondary N) is 1. The van der Waals surface area contributed by atoms with Crippen molar-refractivity contribution in [3.8, 4) is 11.8 Å². The molecule has 0 spiro atoms. The molecule has 0 radical (unpaired) electrons. The van der Waals surface area contributed by atoms with E-state index in [1.807, 2.05) is 18.2 Å². The van der Waals surface area contributed by atoms with Gasteiger partial charge in [-0.2, -0.15) is 5.26 Å². The molecular weight excluding hydrogens is 388 g/mol.